The van der Waals surface area contributed by atoms with Gasteiger partial charge in [-0.3, -0.25) is 4.55 Å². The lowest BCUT2D eigenvalue weighted by molar-refractivity contribution is 0.483. The van der Waals surface area contributed by atoms with Crippen LogP contribution in [0.15, 0.2) is 53.4 Å². The minimum absolute atomic E-state index is 0.0987. The maximum Gasteiger partial charge on any atom is 0.294 e. The minimum atomic E-state index is -4.16. The first kappa shape index (κ1) is 18.4. The van der Waals surface area contributed by atoms with E-state index in [0.29, 0.717) is 6.42 Å². The third-order valence-corrected chi connectivity index (χ3v) is 8.01. The van der Waals surface area contributed by atoms with Gasteiger partial charge in [-0.15, -0.1) is 0 Å². The highest BCUT2D eigenvalue weighted by molar-refractivity contribution is 7.85. The van der Waals surface area contributed by atoms with Crippen LogP contribution in [0.1, 0.15) is 23.6 Å². The van der Waals surface area contributed by atoms with Gasteiger partial charge < -0.3 is 0 Å². The number of hydrogen-bond donors (Lipinski definition) is 1. The topological polar surface area (TPSA) is 54.4 Å². The Labute approximate surface area is 159 Å². The Morgan fingerprint density at radius 1 is 0.960 bits per heavy atom. The maximum atomic E-state index is 11.1. The van der Waals surface area contributed by atoms with Gasteiger partial charge in [0.2, 0.25) is 0 Å². The molecule has 0 amide bonds. The van der Waals surface area contributed by atoms with Crippen molar-refractivity contribution in [3.63, 3.8) is 0 Å². The summed E-state index contributed by atoms with van der Waals surface area (Å²) in [4.78, 5) is 1.06. The maximum absolute atomic E-state index is 11.1. The second-order valence-electron chi connectivity index (χ2n) is 5.61. The van der Waals surface area contributed by atoms with Crippen LogP contribution in [-0.4, -0.2) is 13.0 Å². The van der Waals surface area contributed by atoms with Crippen LogP contribution in [0.4, 0.5) is 0 Å². The number of benzene rings is 2. The molecule has 0 atom stereocenters. The van der Waals surface area contributed by atoms with Crippen molar-refractivity contribution in [1.82, 2.24) is 0 Å². The van der Waals surface area contributed by atoms with Gasteiger partial charge in [-0.2, -0.15) is 8.42 Å². The Bertz CT molecular complexity index is 1030. The Balaban J connectivity index is 1.93. The molecule has 3 aromatic rings. The first-order valence-corrected chi connectivity index (χ1v) is 11.7. The van der Waals surface area contributed by atoms with Crippen LogP contribution in [0.5, 0.6) is 0 Å². The first-order valence-electron chi connectivity index (χ1n) is 7.66. The van der Waals surface area contributed by atoms with Crippen molar-refractivity contribution < 1.29 is 13.0 Å². The molecule has 1 heterocycles. The standard InChI is InChI=1S/C18H16O3S4/c1-2-12-3-7-14(8-4-12)17-16(18(22)24-23-17)11-13-5-9-15(10-6-13)25(19,20)21/h3-10H,2,11H2,1H3,(H,19,20,21). The highest BCUT2D eigenvalue weighted by atomic mass is 32.9. The van der Waals surface area contributed by atoms with E-state index in [1.807, 2.05) is 0 Å². The van der Waals surface area contributed by atoms with Crippen molar-refractivity contribution >= 4 is 43.0 Å². The average molecular weight is 409 g/mol. The monoisotopic (exact) mass is 408 g/mol. The molecule has 0 fully saturated rings. The summed E-state index contributed by atoms with van der Waals surface area (Å²) in [7, 11) is -0.910. The Hall–Kier alpha value is -1.38. The molecule has 0 saturated carbocycles. The summed E-state index contributed by atoms with van der Waals surface area (Å²) in [5.74, 6) is 0. The smallest absolute Gasteiger partial charge is 0.282 e. The summed E-state index contributed by atoms with van der Waals surface area (Å²) in [6.07, 6.45) is 1.64. The van der Waals surface area contributed by atoms with E-state index in [1.165, 1.54) is 17.7 Å². The summed E-state index contributed by atoms with van der Waals surface area (Å²) in [6.45, 7) is 2.13. The molecule has 0 unspecified atom stereocenters. The van der Waals surface area contributed by atoms with E-state index in [4.69, 9.17) is 16.8 Å². The van der Waals surface area contributed by atoms with Gasteiger partial charge in [-0.05, 0) is 35.2 Å². The second-order valence-corrected chi connectivity index (χ2v) is 9.85. The van der Waals surface area contributed by atoms with E-state index >= 15 is 0 Å². The lowest BCUT2D eigenvalue weighted by Gasteiger charge is -2.06. The zero-order valence-corrected chi connectivity index (χ0v) is 16.7. The van der Waals surface area contributed by atoms with Crippen LogP contribution >= 0.6 is 32.9 Å². The lowest BCUT2D eigenvalue weighted by Crippen LogP contribution is -1.98. The first-order chi connectivity index (χ1) is 11.9. The van der Waals surface area contributed by atoms with Gasteiger partial charge >= 0.3 is 0 Å². The van der Waals surface area contributed by atoms with Crippen LogP contribution in [0, 0.1) is 3.82 Å². The van der Waals surface area contributed by atoms with Crippen molar-refractivity contribution in [3.8, 4) is 10.4 Å². The molecule has 0 aliphatic heterocycles. The van der Waals surface area contributed by atoms with Crippen molar-refractivity contribution in [1.29, 1.82) is 0 Å². The van der Waals surface area contributed by atoms with Crippen LogP contribution in [-0.2, 0) is 23.0 Å². The molecule has 1 N–H and O–H groups in total. The molecule has 3 nitrogen and oxygen atoms in total. The van der Waals surface area contributed by atoms with Crippen LogP contribution < -0.4 is 0 Å². The van der Waals surface area contributed by atoms with E-state index < -0.39 is 10.1 Å². The van der Waals surface area contributed by atoms with Gasteiger partial charge in [-0.25, -0.2) is 0 Å². The van der Waals surface area contributed by atoms with Crippen LogP contribution in [0.25, 0.3) is 10.4 Å². The van der Waals surface area contributed by atoms with Crippen molar-refractivity contribution in [2.45, 2.75) is 24.7 Å². The molecule has 0 radical (unpaired) electrons. The molecule has 7 heteroatoms. The summed E-state index contributed by atoms with van der Waals surface area (Å²) in [5.41, 5.74) is 4.49. The predicted octanol–water partition coefficient (Wildman–Crippen LogP) is 5.61. The highest BCUT2D eigenvalue weighted by Gasteiger charge is 2.13. The number of rotatable bonds is 5. The van der Waals surface area contributed by atoms with E-state index in [1.54, 1.807) is 32.8 Å². The zero-order valence-electron chi connectivity index (χ0n) is 13.4. The molecular formula is C18H16O3S4. The zero-order chi connectivity index (χ0) is 18.0. The van der Waals surface area contributed by atoms with E-state index in [9.17, 15) is 8.42 Å². The predicted molar refractivity (Wildman–Crippen MR) is 107 cm³/mol. The molecule has 0 aliphatic rings. The normalized spacial score (nSPS) is 11.6. The van der Waals surface area contributed by atoms with Gasteiger partial charge in [0.1, 0.15) is 3.82 Å². The molecule has 2 aromatic carbocycles. The molecule has 0 spiro atoms. The molecule has 25 heavy (non-hydrogen) atoms. The van der Waals surface area contributed by atoms with E-state index in [2.05, 4.69) is 31.2 Å². The fraction of sp³-hybridized carbons (Fsp3) is 0.167. The summed E-state index contributed by atoms with van der Waals surface area (Å²) in [6, 6.07) is 14.8. The summed E-state index contributed by atoms with van der Waals surface area (Å²) < 4.78 is 32.2. The van der Waals surface area contributed by atoms with Gasteiger partial charge in [-0.1, -0.05) is 76.2 Å². The fourth-order valence-electron chi connectivity index (χ4n) is 2.52. The third kappa shape index (κ3) is 4.24. The van der Waals surface area contributed by atoms with Gasteiger partial charge in [0.25, 0.3) is 10.1 Å². The van der Waals surface area contributed by atoms with Crippen LogP contribution in [0.3, 0.4) is 0 Å². The second kappa shape index (κ2) is 7.47. The van der Waals surface area contributed by atoms with Gasteiger partial charge in [0.15, 0.2) is 0 Å². The van der Waals surface area contributed by atoms with Crippen molar-refractivity contribution in [2.75, 3.05) is 0 Å². The molecular weight excluding hydrogens is 392 g/mol. The number of aryl methyl sites for hydroxylation is 1. The molecule has 0 aliphatic carbocycles. The number of hydrogen-bond acceptors (Lipinski definition) is 5. The summed E-state index contributed by atoms with van der Waals surface area (Å²) >= 11 is 5.50. The Morgan fingerprint density at radius 3 is 2.12 bits per heavy atom. The minimum Gasteiger partial charge on any atom is -0.282 e. The fourth-order valence-corrected chi connectivity index (χ4v) is 5.92. The molecule has 130 valence electrons. The van der Waals surface area contributed by atoms with E-state index in [-0.39, 0.29) is 4.90 Å². The largest absolute Gasteiger partial charge is 0.294 e. The van der Waals surface area contributed by atoms with Crippen molar-refractivity contribution in [2.24, 2.45) is 0 Å². The molecule has 0 saturated heterocycles. The van der Waals surface area contributed by atoms with E-state index in [0.717, 1.165) is 31.8 Å². The molecule has 0 bridgehead atoms. The quantitative estimate of drug-likeness (QED) is 0.339. The highest BCUT2D eigenvalue weighted by Crippen LogP contribution is 2.36. The Morgan fingerprint density at radius 2 is 1.56 bits per heavy atom. The van der Waals surface area contributed by atoms with Crippen LogP contribution in [0.2, 0.25) is 0 Å². The van der Waals surface area contributed by atoms with Gasteiger partial charge in [0.05, 0.1) is 9.77 Å². The average Bonchev–Trinajstić information content (AvgIpc) is 2.95. The Kier molecular flexibility index (Phi) is 5.50. The lowest BCUT2D eigenvalue weighted by atomic mass is 10.0. The van der Waals surface area contributed by atoms with Gasteiger partial charge in [0, 0.05) is 12.0 Å². The third-order valence-electron chi connectivity index (χ3n) is 3.95. The molecule has 1 aromatic heterocycles. The SMILES string of the molecule is CCc1ccc(-c2ssc(=S)c2Cc2ccc(S(=O)(=O)O)cc2)cc1. The molecule has 3 rings (SSSR count). The summed E-state index contributed by atoms with van der Waals surface area (Å²) in [5, 5.41) is 0. The van der Waals surface area contributed by atoms with Crippen molar-refractivity contribution in [3.05, 3.63) is 69.0 Å².